The van der Waals surface area contributed by atoms with Crippen LogP contribution in [0.4, 0.5) is 16.2 Å². The molecule has 0 aliphatic heterocycles. The first-order valence-electron chi connectivity index (χ1n) is 8.64. The lowest BCUT2D eigenvalue weighted by Crippen LogP contribution is -2.30. The number of carbonyl (C=O) groups excluding carboxylic acids is 2. The van der Waals surface area contributed by atoms with E-state index >= 15 is 0 Å². The monoisotopic (exact) mass is 359 g/mol. The summed E-state index contributed by atoms with van der Waals surface area (Å²) in [6.07, 6.45) is 0. The third-order valence-electron chi connectivity index (χ3n) is 4.04. The van der Waals surface area contributed by atoms with Crippen molar-refractivity contribution < 1.29 is 9.59 Å². The molecule has 0 heterocycles. The Balaban J connectivity index is 1.56. The van der Waals surface area contributed by atoms with E-state index in [1.807, 2.05) is 60.7 Å². The molecule has 3 aromatic carbocycles. The van der Waals surface area contributed by atoms with Crippen LogP contribution in [0, 0.1) is 0 Å². The van der Waals surface area contributed by atoms with Crippen LogP contribution in [0.3, 0.4) is 0 Å². The molecule has 0 aliphatic carbocycles. The molecule has 5 nitrogen and oxygen atoms in total. The molecule has 0 spiro atoms. The number of hydrogen-bond acceptors (Lipinski definition) is 2. The summed E-state index contributed by atoms with van der Waals surface area (Å²) in [4.78, 5) is 26.2. The molecule has 27 heavy (non-hydrogen) atoms. The summed E-state index contributed by atoms with van der Waals surface area (Å²) in [5.41, 5.74) is 2.95. The van der Waals surface area contributed by atoms with Gasteiger partial charge in [0, 0.05) is 30.5 Å². The first-order chi connectivity index (χ1) is 13.1. The van der Waals surface area contributed by atoms with Gasteiger partial charge in [-0.2, -0.15) is 0 Å². The third kappa shape index (κ3) is 5.19. The zero-order chi connectivity index (χ0) is 19.1. The van der Waals surface area contributed by atoms with Crippen LogP contribution in [-0.4, -0.2) is 23.9 Å². The summed E-state index contributed by atoms with van der Waals surface area (Å²) < 4.78 is 0. The van der Waals surface area contributed by atoms with Crippen molar-refractivity contribution in [1.82, 2.24) is 4.90 Å². The number of rotatable bonds is 5. The minimum atomic E-state index is -0.208. The third-order valence-corrected chi connectivity index (χ3v) is 4.04. The summed E-state index contributed by atoms with van der Waals surface area (Å²) in [6.45, 7) is 0.518. The Morgan fingerprint density at radius 1 is 0.741 bits per heavy atom. The molecule has 0 saturated carbocycles. The molecule has 3 aromatic rings. The molecule has 3 amide bonds. The molecule has 3 rings (SSSR count). The van der Waals surface area contributed by atoms with Crippen LogP contribution in [0.25, 0.3) is 0 Å². The highest BCUT2D eigenvalue weighted by atomic mass is 16.2. The normalized spacial score (nSPS) is 10.1. The van der Waals surface area contributed by atoms with Crippen molar-refractivity contribution in [3.05, 3.63) is 96.1 Å². The first kappa shape index (κ1) is 18.2. The van der Waals surface area contributed by atoms with Gasteiger partial charge in [-0.1, -0.05) is 48.5 Å². The molecule has 0 bridgehead atoms. The highest BCUT2D eigenvalue weighted by Crippen LogP contribution is 2.13. The highest BCUT2D eigenvalue weighted by Gasteiger charge is 2.10. The van der Waals surface area contributed by atoms with Crippen molar-refractivity contribution >= 4 is 23.3 Å². The molecular weight excluding hydrogens is 338 g/mol. The van der Waals surface area contributed by atoms with E-state index in [1.165, 1.54) is 0 Å². The molecule has 0 saturated heterocycles. The number of amides is 3. The molecule has 0 radical (unpaired) electrons. The Bertz CT molecular complexity index is 894. The Morgan fingerprint density at radius 2 is 1.30 bits per heavy atom. The van der Waals surface area contributed by atoms with Crippen molar-refractivity contribution in [2.75, 3.05) is 17.7 Å². The lowest BCUT2D eigenvalue weighted by molar-refractivity contribution is 0.102. The van der Waals surface area contributed by atoms with Gasteiger partial charge >= 0.3 is 6.03 Å². The van der Waals surface area contributed by atoms with E-state index in [2.05, 4.69) is 10.6 Å². The largest absolute Gasteiger partial charge is 0.323 e. The van der Waals surface area contributed by atoms with Crippen molar-refractivity contribution in [3.63, 3.8) is 0 Å². The van der Waals surface area contributed by atoms with Gasteiger partial charge < -0.3 is 15.5 Å². The quantitative estimate of drug-likeness (QED) is 0.699. The van der Waals surface area contributed by atoms with Gasteiger partial charge in [0.05, 0.1) is 0 Å². The number of hydrogen-bond donors (Lipinski definition) is 2. The number of nitrogens with one attached hydrogen (secondary N) is 2. The van der Waals surface area contributed by atoms with Gasteiger partial charge in [-0.15, -0.1) is 0 Å². The highest BCUT2D eigenvalue weighted by molar-refractivity contribution is 6.04. The maximum absolute atomic E-state index is 12.3. The molecule has 136 valence electrons. The van der Waals surface area contributed by atoms with Gasteiger partial charge in [0.2, 0.25) is 0 Å². The first-order valence-corrected chi connectivity index (χ1v) is 8.64. The maximum atomic E-state index is 12.3. The van der Waals surface area contributed by atoms with Crippen LogP contribution in [0.15, 0.2) is 84.9 Å². The zero-order valence-corrected chi connectivity index (χ0v) is 15.1. The number of anilines is 2. The fourth-order valence-electron chi connectivity index (χ4n) is 2.58. The molecule has 0 aliphatic rings. The van der Waals surface area contributed by atoms with E-state index in [-0.39, 0.29) is 11.9 Å². The van der Waals surface area contributed by atoms with Crippen molar-refractivity contribution in [1.29, 1.82) is 0 Å². The standard InChI is InChI=1S/C22H21N3O2/c1-25(16-17-8-4-2-5-9-17)22(27)24-20-14-12-18(13-15-20)21(26)23-19-10-6-3-7-11-19/h2-15H,16H2,1H3,(H,23,26)(H,24,27). The van der Waals surface area contributed by atoms with Crippen molar-refractivity contribution in [2.24, 2.45) is 0 Å². The van der Waals surface area contributed by atoms with Crippen molar-refractivity contribution in [3.8, 4) is 0 Å². The minimum absolute atomic E-state index is 0.194. The van der Waals surface area contributed by atoms with Gasteiger partial charge in [-0.3, -0.25) is 4.79 Å². The van der Waals surface area contributed by atoms with Gasteiger partial charge in [-0.25, -0.2) is 4.79 Å². The van der Waals surface area contributed by atoms with Crippen LogP contribution in [-0.2, 0) is 6.54 Å². The van der Waals surface area contributed by atoms with Gasteiger partial charge in [-0.05, 0) is 42.0 Å². The number of nitrogens with zero attached hydrogens (tertiary/aromatic N) is 1. The summed E-state index contributed by atoms with van der Waals surface area (Å²) in [7, 11) is 1.74. The number of urea groups is 1. The lowest BCUT2D eigenvalue weighted by Gasteiger charge is -2.18. The Kier molecular flexibility index (Phi) is 5.84. The summed E-state index contributed by atoms with van der Waals surface area (Å²) in [5, 5.41) is 5.66. The SMILES string of the molecule is CN(Cc1ccccc1)C(=O)Nc1ccc(C(=O)Nc2ccccc2)cc1. The fourth-order valence-corrected chi connectivity index (χ4v) is 2.58. The second-order valence-corrected chi connectivity index (χ2v) is 6.17. The second-order valence-electron chi connectivity index (χ2n) is 6.17. The molecule has 0 fully saturated rings. The second kappa shape index (κ2) is 8.67. The van der Waals surface area contributed by atoms with E-state index in [9.17, 15) is 9.59 Å². The van der Waals surface area contributed by atoms with E-state index < -0.39 is 0 Å². The van der Waals surface area contributed by atoms with Crippen LogP contribution in [0.5, 0.6) is 0 Å². The predicted octanol–water partition coefficient (Wildman–Crippen LogP) is 4.60. The van der Waals surface area contributed by atoms with Crippen LogP contribution in [0.2, 0.25) is 0 Å². The molecule has 0 atom stereocenters. The average Bonchev–Trinajstić information content (AvgIpc) is 2.70. The van der Waals surface area contributed by atoms with E-state index in [1.54, 1.807) is 36.2 Å². The fraction of sp³-hybridized carbons (Fsp3) is 0.0909. The molecule has 0 unspecified atom stereocenters. The topological polar surface area (TPSA) is 61.4 Å². The van der Waals surface area contributed by atoms with E-state index in [0.717, 1.165) is 11.3 Å². The van der Waals surface area contributed by atoms with Gasteiger partial charge in [0.1, 0.15) is 0 Å². The molecule has 0 aromatic heterocycles. The average molecular weight is 359 g/mol. The summed E-state index contributed by atoms with van der Waals surface area (Å²) >= 11 is 0. The minimum Gasteiger partial charge on any atom is -0.323 e. The Labute approximate surface area is 158 Å². The van der Waals surface area contributed by atoms with Crippen LogP contribution >= 0.6 is 0 Å². The molecule has 2 N–H and O–H groups in total. The number of para-hydroxylation sites is 1. The number of benzene rings is 3. The smallest absolute Gasteiger partial charge is 0.321 e. The van der Waals surface area contributed by atoms with Gasteiger partial charge in [0.15, 0.2) is 0 Å². The predicted molar refractivity (Wildman–Crippen MR) is 108 cm³/mol. The Hall–Kier alpha value is -3.60. The van der Waals surface area contributed by atoms with Crippen LogP contribution in [0.1, 0.15) is 15.9 Å². The zero-order valence-electron chi connectivity index (χ0n) is 15.1. The Morgan fingerprint density at radius 3 is 1.93 bits per heavy atom. The van der Waals surface area contributed by atoms with Gasteiger partial charge in [0.25, 0.3) is 5.91 Å². The van der Waals surface area contributed by atoms with Crippen molar-refractivity contribution in [2.45, 2.75) is 6.54 Å². The lowest BCUT2D eigenvalue weighted by atomic mass is 10.2. The number of carbonyl (C=O) groups is 2. The maximum Gasteiger partial charge on any atom is 0.321 e. The molecule has 5 heteroatoms. The summed E-state index contributed by atoms with van der Waals surface area (Å²) in [5.74, 6) is -0.194. The van der Waals surface area contributed by atoms with E-state index in [0.29, 0.717) is 17.8 Å². The van der Waals surface area contributed by atoms with E-state index in [4.69, 9.17) is 0 Å². The summed E-state index contributed by atoms with van der Waals surface area (Å²) in [6, 6.07) is 25.7. The van der Waals surface area contributed by atoms with Crippen LogP contribution < -0.4 is 10.6 Å². The molecular formula is C22H21N3O2.